The molecule has 3 heteroatoms. The maximum absolute atomic E-state index is 11.5. The van der Waals surface area contributed by atoms with Crippen molar-refractivity contribution in [2.45, 2.75) is 31.1 Å². The summed E-state index contributed by atoms with van der Waals surface area (Å²) in [6.45, 7) is 2.49. The van der Waals surface area contributed by atoms with Gasteiger partial charge in [0.15, 0.2) is 0 Å². The minimum atomic E-state index is -1.16. The van der Waals surface area contributed by atoms with Crippen molar-refractivity contribution >= 4 is 0 Å². The van der Waals surface area contributed by atoms with E-state index >= 15 is 0 Å². The first-order valence-electron chi connectivity index (χ1n) is 10.2. The first kappa shape index (κ1) is 21.8. The molecule has 0 aromatic heterocycles. The van der Waals surface area contributed by atoms with Crippen LogP contribution in [0.4, 0.5) is 0 Å². The van der Waals surface area contributed by atoms with Gasteiger partial charge in [-0.05, 0) is 30.7 Å². The summed E-state index contributed by atoms with van der Waals surface area (Å²) < 4.78 is 0. The summed E-state index contributed by atoms with van der Waals surface area (Å²) in [5.74, 6) is 6.34. The number of nitrogens with zero attached hydrogens (tertiary/aromatic N) is 1. The van der Waals surface area contributed by atoms with Gasteiger partial charge in [0.25, 0.3) is 0 Å². The van der Waals surface area contributed by atoms with Crippen LogP contribution in [-0.4, -0.2) is 34.7 Å². The number of rotatable bonds is 7. The molecule has 0 unspecified atom stereocenters. The molecule has 30 heavy (non-hydrogen) atoms. The average Bonchev–Trinajstić information content (AvgIpc) is 2.82. The largest absolute Gasteiger partial charge is 0.387 e. The molecule has 0 saturated heterocycles. The highest BCUT2D eigenvalue weighted by molar-refractivity contribution is 5.37. The molecule has 0 amide bonds. The Labute approximate surface area is 179 Å². The number of hydrogen-bond donors (Lipinski definition) is 2. The summed E-state index contributed by atoms with van der Waals surface area (Å²) >= 11 is 0. The molecule has 3 aromatic rings. The molecule has 0 saturated carbocycles. The molecular formula is C27H29NO2. The zero-order valence-electron chi connectivity index (χ0n) is 17.6. The molecule has 0 aliphatic rings. The molecule has 0 aliphatic heterocycles. The van der Waals surface area contributed by atoms with Crippen LogP contribution in [0.1, 0.15) is 36.1 Å². The van der Waals surface area contributed by atoms with E-state index in [9.17, 15) is 10.2 Å². The number of aliphatic hydroxyl groups excluding tert-OH is 1. The van der Waals surface area contributed by atoms with Crippen LogP contribution in [0.25, 0.3) is 0 Å². The predicted octanol–water partition coefficient (Wildman–Crippen LogP) is 4.37. The van der Waals surface area contributed by atoms with Gasteiger partial charge < -0.3 is 10.2 Å². The zero-order valence-corrected chi connectivity index (χ0v) is 17.6. The fourth-order valence-corrected chi connectivity index (χ4v) is 3.48. The average molecular weight is 400 g/mol. The minimum Gasteiger partial charge on any atom is -0.387 e. The summed E-state index contributed by atoms with van der Waals surface area (Å²) in [5, 5.41) is 22.1. The van der Waals surface area contributed by atoms with Crippen LogP contribution in [0.3, 0.4) is 0 Å². The maximum Gasteiger partial charge on any atom is 0.125 e. The highest BCUT2D eigenvalue weighted by atomic mass is 16.3. The fraction of sp³-hybridized carbons (Fsp3) is 0.259. The summed E-state index contributed by atoms with van der Waals surface area (Å²) in [4.78, 5) is 2.02. The van der Waals surface area contributed by atoms with Crippen molar-refractivity contribution in [1.29, 1.82) is 0 Å². The second-order valence-corrected chi connectivity index (χ2v) is 7.63. The second-order valence-electron chi connectivity index (χ2n) is 7.63. The van der Waals surface area contributed by atoms with E-state index in [0.29, 0.717) is 13.0 Å². The lowest BCUT2D eigenvalue weighted by Crippen LogP contribution is -2.34. The quantitative estimate of drug-likeness (QED) is 0.580. The Kier molecular flexibility index (Phi) is 7.43. The molecule has 3 rings (SSSR count). The van der Waals surface area contributed by atoms with Gasteiger partial charge in [-0.15, -0.1) is 0 Å². The number of likely N-dealkylation sites (N-methyl/N-ethyl adjacent to an activating group) is 1. The molecule has 0 bridgehead atoms. The Balaban J connectivity index is 1.70. The van der Waals surface area contributed by atoms with Crippen molar-refractivity contribution in [3.8, 4) is 11.8 Å². The molecular weight excluding hydrogens is 370 g/mol. The van der Waals surface area contributed by atoms with Crippen molar-refractivity contribution < 1.29 is 10.2 Å². The van der Waals surface area contributed by atoms with E-state index in [1.54, 1.807) is 0 Å². The van der Waals surface area contributed by atoms with Gasteiger partial charge in [0, 0.05) is 12.5 Å². The van der Waals surface area contributed by atoms with E-state index in [2.05, 4.69) is 11.8 Å². The van der Waals surface area contributed by atoms with E-state index in [0.717, 1.165) is 16.7 Å². The lowest BCUT2D eigenvalue weighted by molar-refractivity contribution is 0.0791. The van der Waals surface area contributed by atoms with Crippen LogP contribution in [-0.2, 0) is 5.60 Å². The van der Waals surface area contributed by atoms with Gasteiger partial charge in [-0.25, -0.2) is 0 Å². The van der Waals surface area contributed by atoms with Crippen molar-refractivity contribution in [3.05, 3.63) is 108 Å². The molecule has 2 atom stereocenters. The van der Waals surface area contributed by atoms with Crippen LogP contribution in [0, 0.1) is 11.8 Å². The zero-order chi connectivity index (χ0) is 21.4. The van der Waals surface area contributed by atoms with Gasteiger partial charge in [0.2, 0.25) is 0 Å². The van der Waals surface area contributed by atoms with Gasteiger partial charge in [0.05, 0.1) is 12.6 Å². The Morgan fingerprint density at radius 3 is 1.77 bits per heavy atom. The summed E-state index contributed by atoms with van der Waals surface area (Å²) in [7, 11) is 1.95. The van der Waals surface area contributed by atoms with Gasteiger partial charge >= 0.3 is 0 Å². The molecule has 154 valence electrons. The SMILES string of the molecule is C[C@@H]([C@@H](O)c1ccccc1)N(C)CC#CCC(O)(c1ccccc1)c1ccccc1. The van der Waals surface area contributed by atoms with Crippen molar-refractivity contribution in [2.75, 3.05) is 13.6 Å². The van der Waals surface area contributed by atoms with Crippen LogP contribution in [0.15, 0.2) is 91.0 Å². The van der Waals surface area contributed by atoms with E-state index < -0.39 is 11.7 Å². The molecule has 0 radical (unpaired) electrons. The minimum absolute atomic E-state index is 0.0798. The first-order valence-corrected chi connectivity index (χ1v) is 10.2. The summed E-state index contributed by atoms with van der Waals surface area (Å²) in [5.41, 5.74) is 1.38. The van der Waals surface area contributed by atoms with E-state index in [4.69, 9.17) is 0 Å². The highest BCUT2D eigenvalue weighted by Crippen LogP contribution is 2.32. The van der Waals surface area contributed by atoms with Crippen LogP contribution >= 0.6 is 0 Å². The topological polar surface area (TPSA) is 43.7 Å². The fourth-order valence-electron chi connectivity index (χ4n) is 3.48. The number of hydrogen-bond acceptors (Lipinski definition) is 3. The van der Waals surface area contributed by atoms with Gasteiger partial charge in [-0.3, -0.25) is 4.90 Å². The van der Waals surface area contributed by atoms with Gasteiger partial charge in [-0.1, -0.05) is 103 Å². The Bertz CT molecular complexity index is 922. The normalized spacial score (nSPS) is 13.4. The lowest BCUT2D eigenvalue weighted by Gasteiger charge is -2.28. The molecule has 2 N–H and O–H groups in total. The van der Waals surface area contributed by atoms with Crippen LogP contribution < -0.4 is 0 Å². The van der Waals surface area contributed by atoms with Gasteiger partial charge in [-0.2, -0.15) is 0 Å². The van der Waals surface area contributed by atoms with Crippen molar-refractivity contribution in [1.82, 2.24) is 4.90 Å². The summed E-state index contributed by atoms with van der Waals surface area (Å²) in [6, 6.07) is 28.9. The number of benzene rings is 3. The maximum atomic E-state index is 11.5. The summed E-state index contributed by atoms with van der Waals surface area (Å²) in [6.07, 6.45) is -0.284. The third-order valence-electron chi connectivity index (χ3n) is 5.59. The van der Waals surface area contributed by atoms with Crippen LogP contribution in [0.5, 0.6) is 0 Å². The Morgan fingerprint density at radius 1 is 0.800 bits per heavy atom. The molecule has 0 fully saturated rings. The Hall–Kier alpha value is -2.90. The van der Waals surface area contributed by atoms with Crippen LogP contribution in [0.2, 0.25) is 0 Å². The first-order chi connectivity index (χ1) is 14.5. The Morgan fingerprint density at radius 2 is 1.27 bits per heavy atom. The smallest absolute Gasteiger partial charge is 0.125 e. The second kappa shape index (κ2) is 10.2. The van der Waals surface area contributed by atoms with Crippen molar-refractivity contribution in [3.63, 3.8) is 0 Å². The van der Waals surface area contributed by atoms with E-state index in [1.165, 1.54) is 0 Å². The van der Waals surface area contributed by atoms with E-state index in [1.807, 2.05) is 110 Å². The van der Waals surface area contributed by atoms with Gasteiger partial charge in [0.1, 0.15) is 5.60 Å². The lowest BCUT2D eigenvalue weighted by atomic mass is 9.84. The highest BCUT2D eigenvalue weighted by Gasteiger charge is 2.30. The van der Waals surface area contributed by atoms with Crippen molar-refractivity contribution in [2.24, 2.45) is 0 Å². The molecule has 0 heterocycles. The predicted molar refractivity (Wildman–Crippen MR) is 122 cm³/mol. The third-order valence-corrected chi connectivity index (χ3v) is 5.59. The molecule has 3 nitrogen and oxygen atoms in total. The standard InChI is InChI=1S/C27H29NO2/c1-22(26(29)23-14-6-3-7-15-23)28(2)21-13-12-20-27(30,24-16-8-4-9-17-24)25-18-10-5-11-19-25/h3-11,14-19,22,26,29-30H,20-21H2,1-2H3/t22-,26+/m0/s1. The van der Waals surface area contributed by atoms with E-state index in [-0.39, 0.29) is 6.04 Å². The molecule has 3 aromatic carbocycles. The number of aliphatic hydroxyl groups is 2. The third kappa shape index (κ3) is 5.17. The molecule has 0 spiro atoms. The molecule has 0 aliphatic carbocycles. The monoisotopic (exact) mass is 399 g/mol.